The molecule has 0 unspecified atom stereocenters. The molecule has 1 rings (SSSR count). The molecule has 0 aromatic heterocycles. The molecule has 1 N–H and O–H groups in total. The maximum atomic E-state index is 10.6. The molecule has 1 amide bonds. The fourth-order valence-corrected chi connectivity index (χ4v) is 1.23. The fraction of sp³-hybridized carbons (Fsp3) is 0.875. The van der Waals surface area contributed by atoms with Crippen molar-refractivity contribution in [3.05, 3.63) is 0 Å². The summed E-state index contributed by atoms with van der Waals surface area (Å²) in [7, 11) is 0. The Hall–Kier alpha value is -0.730. The van der Waals surface area contributed by atoms with Crippen molar-refractivity contribution in [2.75, 3.05) is 6.54 Å². The molecule has 0 saturated carbocycles. The van der Waals surface area contributed by atoms with Gasteiger partial charge in [0.15, 0.2) is 0 Å². The van der Waals surface area contributed by atoms with Crippen LogP contribution in [0.3, 0.4) is 0 Å². The molecular weight excluding hydrogens is 142 g/mol. The van der Waals surface area contributed by atoms with Crippen molar-refractivity contribution in [2.24, 2.45) is 5.41 Å². The highest BCUT2D eigenvalue weighted by Crippen LogP contribution is 2.23. The smallest absolute Gasteiger partial charge is 0.407 e. The molecule has 1 heterocycles. The van der Waals surface area contributed by atoms with Gasteiger partial charge in [-0.15, -0.1) is 0 Å². The Morgan fingerprint density at radius 3 is 2.64 bits per heavy atom. The topological polar surface area (TPSA) is 38.3 Å². The van der Waals surface area contributed by atoms with Gasteiger partial charge in [-0.25, -0.2) is 4.79 Å². The van der Waals surface area contributed by atoms with Crippen LogP contribution < -0.4 is 5.32 Å². The van der Waals surface area contributed by atoms with Gasteiger partial charge in [-0.2, -0.15) is 0 Å². The summed E-state index contributed by atoms with van der Waals surface area (Å²) in [6.07, 6.45) is 0.716. The molecule has 1 saturated heterocycles. The molecule has 3 heteroatoms. The monoisotopic (exact) mass is 157 g/mol. The first-order valence-electron chi connectivity index (χ1n) is 3.92. The van der Waals surface area contributed by atoms with Crippen LogP contribution in [0.2, 0.25) is 0 Å². The van der Waals surface area contributed by atoms with E-state index in [1.807, 2.05) is 0 Å². The van der Waals surface area contributed by atoms with Crippen molar-refractivity contribution < 1.29 is 9.53 Å². The van der Waals surface area contributed by atoms with Gasteiger partial charge < -0.3 is 10.1 Å². The number of amides is 1. The largest absolute Gasteiger partial charge is 0.444 e. The molecule has 1 fully saturated rings. The Kier molecular flexibility index (Phi) is 2.07. The Balaban J connectivity index is 2.34. The number of alkyl carbamates (subject to hydrolysis) is 1. The molecule has 0 spiro atoms. The SMILES string of the molecule is CC(C)(C)C[C@@H]1CNC(=O)O1. The van der Waals surface area contributed by atoms with E-state index in [0.717, 1.165) is 6.42 Å². The van der Waals surface area contributed by atoms with Crippen molar-refractivity contribution in [1.29, 1.82) is 0 Å². The van der Waals surface area contributed by atoms with E-state index in [4.69, 9.17) is 4.74 Å². The number of carbonyl (C=O) groups is 1. The van der Waals surface area contributed by atoms with E-state index in [2.05, 4.69) is 26.1 Å². The molecule has 0 aliphatic carbocycles. The van der Waals surface area contributed by atoms with Gasteiger partial charge in [0.25, 0.3) is 0 Å². The van der Waals surface area contributed by atoms with Gasteiger partial charge in [-0.3, -0.25) is 0 Å². The minimum absolute atomic E-state index is 0.0718. The number of carbonyl (C=O) groups excluding carboxylic acids is 1. The normalized spacial score (nSPS) is 24.6. The van der Waals surface area contributed by atoms with Crippen molar-refractivity contribution in [3.8, 4) is 0 Å². The van der Waals surface area contributed by atoms with Crippen LogP contribution in [0.1, 0.15) is 27.2 Å². The third-order valence-corrected chi connectivity index (χ3v) is 1.59. The molecule has 3 nitrogen and oxygen atoms in total. The van der Waals surface area contributed by atoms with Crippen LogP contribution in [0.5, 0.6) is 0 Å². The van der Waals surface area contributed by atoms with Crippen LogP contribution in [0, 0.1) is 5.41 Å². The summed E-state index contributed by atoms with van der Waals surface area (Å²) in [5.41, 5.74) is 0.233. The predicted molar refractivity (Wildman–Crippen MR) is 42.3 cm³/mol. The number of hydrogen-bond donors (Lipinski definition) is 1. The zero-order valence-corrected chi connectivity index (χ0v) is 7.31. The minimum Gasteiger partial charge on any atom is -0.444 e. The first-order chi connectivity index (χ1) is 4.97. The van der Waals surface area contributed by atoms with E-state index >= 15 is 0 Å². The Labute approximate surface area is 67.1 Å². The van der Waals surface area contributed by atoms with Gasteiger partial charge in [0, 0.05) is 0 Å². The van der Waals surface area contributed by atoms with Gasteiger partial charge in [-0.05, 0) is 11.8 Å². The maximum absolute atomic E-state index is 10.6. The zero-order valence-electron chi connectivity index (χ0n) is 7.31. The van der Waals surface area contributed by atoms with Gasteiger partial charge in [-0.1, -0.05) is 20.8 Å². The van der Waals surface area contributed by atoms with Gasteiger partial charge in [0.2, 0.25) is 0 Å². The Morgan fingerprint density at radius 1 is 1.64 bits per heavy atom. The second kappa shape index (κ2) is 2.72. The van der Waals surface area contributed by atoms with Gasteiger partial charge in [0.05, 0.1) is 6.54 Å². The summed E-state index contributed by atoms with van der Waals surface area (Å²) in [5, 5.41) is 2.63. The molecule has 1 atom stereocenters. The van der Waals surface area contributed by atoms with Crippen molar-refractivity contribution in [3.63, 3.8) is 0 Å². The van der Waals surface area contributed by atoms with Crippen LogP contribution in [0.4, 0.5) is 4.79 Å². The predicted octanol–water partition coefficient (Wildman–Crippen LogP) is 1.53. The van der Waals surface area contributed by atoms with Crippen molar-refractivity contribution >= 4 is 6.09 Å². The lowest BCUT2D eigenvalue weighted by molar-refractivity contribution is 0.114. The summed E-state index contributed by atoms with van der Waals surface area (Å²) in [5.74, 6) is 0. The number of rotatable bonds is 1. The van der Waals surface area contributed by atoms with Crippen LogP contribution in [-0.2, 0) is 4.74 Å². The summed E-state index contributed by atoms with van der Waals surface area (Å²) >= 11 is 0. The third-order valence-electron chi connectivity index (χ3n) is 1.59. The summed E-state index contributed by atoms with van der Waals surface area (Å²) < 4.78 is 4.99. The highest BCUT2D eigenvalue weighted by Gasteiger charge is 2.26. The van der Waals surface area contributed by atoms with Gasteiger partial charge >= 0.3 is 6.09 Å². The molecule has 0 radical (unpaired) electrons. The minimum atomic E-state index is -0.278. The second-order valence-corrected chi connectivity index (χ2v) is 4.17. The third kappa shape index (κ3) is 2.78. The zero-order chi connectivity index (χ0) is 8.48. The molecule has 0 bridgehead atoms. The summed E-state index contributed by atoms with van der Waals surface area (Å²) in [6.45, 7) is 7.08. The Morgan fingerprint density at radius 2 is 2.27 bits per heavy atom. The quantitative estimate of drug-likeness (QED) is 0.627. The molecule has 0 aromatic rings. The number of nitrogens with one attached hydrogen (secondary N) is 1. The average molecular weight is 157 g/mol. The fourth-order valence-electron chi connectivity index (χ4n) is 1.23. The molecule has 64 valence electrons. The highest BCUT2D eigenvalue weighted by atomic mass is 16.6. The lowest BCUT2D eigenvalue weighted by Gasteiger charge is -2.20. The molecule has 1 aliphatic rings. The van der Waals surface area contributed by atoms with Crippen LogP contribution in [0.15, 0.2) is 0 Å². The first-order valence-corrected chi connectivity index (χ1v) is 3.92. The standard InChI is InChI=1S/C8H15NO2/c1-8(2,3)4-6-5-9-7(10)11-6/h6H,4-5H2,1-3H3,(H,9,10)/t6-/m1/s1. The Bertz CT molecular complexity index is 160. The summed E-state index contributed by atoms with van der Waals surface area (Å²) in [6, 6.07) is 0. The van der Waals surface area contributed by atoms with E-state index in [1.165, 1.54) is 0 Å². The summed E-state index contributed by atoms with van der Waals surface area (Å²) in [4.78, 5) is 10.6. The van der Waals surface area contributed by atoms with Crippen molar-refractivity contribution in [2.45, 2.75) is 33.3 Å². The van der Waals surface area contributed by atoms with E-state index in [0.29, 0.717) is 6.54 Å². The molecule has 0 aromatic carbocycles. The lowest BCUT2D eigenvalue weighted by Crippen LogP contribution is -2.21. The van der Waals surface area contributed by atoms with E-state index < -0.39 is 0 Å². The molecule has 1 aliphatic heterocycles. The van der Waals surface area contributed by atoms with E-state index in [1.54, 1.807) is 0 Å². The highest BCUT2D eigenvalue weighted by molar-refractivity contribution is 5.69. The van der Waals surface area contributed by atoms with Gasteiger partial charge in [0.1, 0.15) is 6.10 Å². The number of cyclic esters (lactones) is 1. The van der Waals surface area contributed by atoms with Crippen LogP contribution >= 0.6 is 0 Å². The second-order valence-electron chi connectivity index (χ2n) is 4.17. The van der Waals surface area contributed by atoms with Crippen LogP contribution in [0.25, 0.3) is 0 Å². The molecular formula is C8H15NO2. The molecule has 11 heavy (non-hydrogen) atoms. The lowest BCUT2D eigenvalue weighted by atomic mass is 9.89. The average Bonchev–Trinajstić information content (AvgIpc) is 2.10. The van der Waals surface area contributed by atoms with Crippen molar-refractivity contribution in [1.82, 2.24) is 5.32 Å². The number of hydrogen-bond acceptors (Lipinski definition) is 2. The first kappa shape index (κ1) is 8.37. The maximum Gasteiger partial charge on any atom is 0.407 e. The van der Waals surface area contributed by atoms with Crippen LogP contribution in [-0.4, -0.2) is 18.7 Å². The number of ether oxygens (including phenoxy) is 1. The van der Waals surface area contributed by atoms with E-state index in [9.17, 15) is 4.79 Å². The van der Waals surface area contributed by atoms with E-state index in [-0.39, 0.29) is 17.6 Å².